The number of hydrogen-bond donors (Lipinski definition) is 1. The monoisotopic (exact) mass is 553 g/mol. The van der Waals surface area contributed by atoms with E-state index in [2.05, 4.69) is 25.6 Å². The zero-order valence-electron chi connectivity index (χ0n) is 22.8. The van der Waals surface area contributed by atoms with Gasteiger partial charge in [0.1, 0.15) is 24.2 Å². The summed E-state index contributed by atoms with van der Waals surface area (Å²) in [5.74, 6) is 0.433. The zero-order valence-corrected chi connectivity index (χ0v) is 22.8. The number of rotatable bonds is 11. The molecule has 2 fully saturated rings. The Morgan fingerprint density at radius 1 is 1.12 bits per heavy atom. The third-order valence-corrected chi connectivity index (χ3v) is 7.43. The third kappa shape index (κ3) is 7.11. The van der Waals surface area contributed by atoms with Gasteiger partial charge in [0, 0.05) is 32.2 Å². The number of tetrazole rings is 1. The van der Waals surface area contributed by atoms with E-state index < -0.39 is 11.9 Å². The van der Waals surface area contributed by atoms with Crippen molar-refractivity contribution in [1.82, 2.24) is 35.3 Å². The van der Waals surface area contributed by atoms with Crippen LogP contribution in [-0.4, -0.2) is 87.3 Å². The Bertz CT molecular complexity index is 1270. The number of furan rings is 1. The highest BCUT2D eigenvalue weighted by Gasteiger charge is 2.33. The Balaban J connectivity index is 1.38. The van der Waals surface area contributed by atoms with Crippen molar-refractivity contribution in [3.8, 4) is 11.6 Å². The number of nitrogens with zero attached hydrogens (tertiary/aromatic N) is 6. The SMILES string of the molecule is Cc1ccc(-c2nnn(CC(=O)N(CCCN3CCOCC3)[C@@H](C(=O)NC3CCCC3)c3ccc(F)cc3)n2)o1. The molecule has 0 unspecified atom stereocenters. The van der Waals surface area contributed by atoms with Gasteiger partial charge in [-0.05, 0) is 61.2 Å². The van der Waals surface area contributed by atoms with Gasteiger partial charge in [-0.15, -0.1) is 10.2 Å². The minimum absolute atomic E-state index is 0.0667. The van der Waals surface area contributed by atoms with E-state index in [-0.39, 0.29) is 30.2 Å². The van der Waals surface area contributed by atoms with Gasteiger partial charge in [-0.1, -0.05) is 25.0 Å². The van der Waals surface area contributed by atoms with E-state index in [4.69, 9.17) is 9.15 Å². The van der Waals surface area contributed by atoms with Crippen molar-refractivity contribution in [1.29, 1.82) is 0 Å². The van der Waals surface area contributed by atoms with Gasteiger partial charge in [0.2, 0.25) is 17.6 Å². The summed E-state index contributed by atoms with van der Waals surface area (Å²) < 4.78 is 24.9. The highest BCUT2D eigenvalue weighted by Crippen LogP contribution is 2.26. The molecular weight excluding hydrogens is 517 g/mol. The average Bonchev–Trinajstić information content (AvgIpc) is 3.73. The van der Waals surface area contributed by atoms with Crippen LogP contribution in [0.15, 0.2) is 40.8 Å². The quantitative estimate of drug-likeness (QED) is 0.385. The second-order valence-electron chi connectivity index (χ2n) is 10.4. The van der Waals surface area contributed by atoms with Crippen LogP contribution in [0.3, 0.4) is 0 Å². The van der Waals surface area contributed by atoms with Gasteiger partial charge in [-0.25, -0.2) is 4.39 Å². The van der Waals surface area contributed by atoms with Crippen LogP contribution in [0.4, 0.5) is 4.39 Å². The smallest absolute Gasteiger partial charge is 0.247 e. The number of carbonyl (C=O) groups is 2. The van der Waals surface area contributed by atoms with Gasteiger partial charge in [-0.3, -0.25) is 14.5 Å². The lowest BCUT2D eigenvalue weighted by molar-refractivity contribution is -0.142. The van der Waals surface area contributed by atoms with Crippen LogP contribution in [-0.2, 0) is 20.9 Å². The Morgan fingerprint density at radius 2 is 1.88 bits per heavy atom. The van der Waals surface area contributed by atoms with Crippen LogP contribution < -0.4 is 5.32 Å². The summed E-state index contributed by atoms with van der Waals surface area (Å²) >= 11 is 0. The number of ether oxygens (including phenoxy) is 1. The number of aryl methyl sites for hydroxylation is 1. The number of aromatic nitrogens is 4. The van der Waals surface area contributed by atoms with Crippen LogP contribution in [0.1, 0.15) is 49.5 Å². The van der Waals surface area contributed by atoms with E-state index in [9.17, 15) is 14.0 Å². The maximum atomic E-state index is 13.9. The van der Waals surface area contributed by atoms with E-state index in [1.807, 2.05) is 6.92 Å². The van der Waals surface area contributed by atoms with Crippen molar-refractivity contribution in [2.24, 2.45) is 0 Å². The Hall–Kier alpha value is -3.64. The van der Waals surface area contributed by atoms with Crippen LogP contribution in [0, 0.1) is 12.7 Å². The second kappa shape index (κ2) is 13.1. The van der Waals surface area contributed by atoms with Gasteiger partial charge < -0.3 is 19.4 Å². The number of nitrogens with one attached hydrogen (secondary N) is 1. The van der Waals surface area contributed by atoms with Crippen molar-refractivity contribution < 1.29 is 23.1 Å². The van der Waals surface area contributed by atoms with Crippen LogP contribution in [0.5, 0.6) is 0 Å². The lowest BCUT2D eigenvalue weighted by Crippen LogP contribution is -2.48. The predicted octanol–water partition coefficient (Wildman–Crippen LogP) is 2.73. The molecule has 1 saturated carbocycles. The lowest BCUT2D eigenvalue weighted by Gasteiger charge is -2.33. The Kier molecular flexibility index (Phi) is 9.17. The van der Waals surface area contributed by atoms with Gasteiger partial charge in [0.25, 0.3) is 0 Å². The molecular formula is C28H36FN7O4. The largest absolute Gasteiger partial charge is 0.458 e. The molecule has 214 valence electrons. The van der Waals surface area contributed by atoms with Crippen molar-refractivity contribution >= 4 is 11.8 Å². The van der Waals surface area contributed by atoms with Crippen molar-refractivity contribution in [3.63, 3.8) is 0 Å². The second-order valence-corrected chi connectivity index (χ2v) is 10.4. The maximum Gasteiger partial charge on any atom is 0.247 e. The van der Waals surface area contributed by atoms with E-state index in [1.165, 1.54) is 16.9 Å². The molecule has 5 rings (SSSR count). The number of morpholine rings is 1. The molecule has 1 aliphatic carbocycles. The molecule has 0 spiro atoms. The number of hydrogen-bond acceptors (Lipinski definition) is 8. The molecule has 2 aliphatic rings. The highest BCUT2D eigenvalue weighted by molar-refractivity contribution is 5.89. The molecule has 0 bridgehead atoms. The minimum atomic E-state index is -0.922. The number of benzene rings is 1. The van der Waals surface area contributed by atoms with E-state index in [0.29, 0.717) is 43.3 Å². The summed E-state index contributed by atoms with van der Waals surface area (Å²) in [6.45, 7) is 5.72. The molecule has 1 aromatic carbocycles. The summed E-state index contributed by atoms with van der Waals surface area (Å²) in [5.41, 5.74) is 0.551. The molecule has 2 aromatic heterocycles. The standard InChI is InChI=1S/C28H36FN7O4/c1-20-7-12-24(40-20)27-31-33-36(32-27)19-25(37)35(14-4-13-34-15-17-39-18-16-34)26(21-8-10-22(29)11-9-21)28(38)30-23-5-2-3-6-23/h7-12,23,26H,2-6,13-19H2,1H3,(H,30,38)/t26-/m1/s1. The van der Waals surface area contributed by atoms with E-state index in [0.717, 1.165) is 45.3 Å². The summed E-state index contributed by atoms with van der Waals surface area (Å²) in [5, 5.41) is 15.5. The van der Waals surface area contributed by atoms with Crippen molar-refractivity contribution in [2.75, 3.05) is 39.4 Å². The molecule has 1 N–H and O–H groups in total. The molecule has 3 aromatic rings. The summed E-state index contributed by atoms with van der Waals surface area (Å²) in [6, 6.07) is 8.47. The number of halogens is 1. The van der Waals surface area contributed by atoms with Gasteiger partial charge in [-0.2, -0.15) is 4.80 Å². The molecule has 1 saturated heterocycles. The molecule has 12 heteroatoms. The van der Waals surface area contributed by atoms with Crippen molar-refractivity contribution in [2.45, 2.75) is 57.7 Å². The first-order valence-electron chi connectivity index (χ1n) is 14.0. The fraction of sp³-hybridized carbons (Fsp3) is 0.536. The Labute approximate surface area is 232 Å². The van der Waals surface area contributed by atoms with E-state index >= 15 is 0 Å². The summed E-state index contributed by atoms with van der Waals surface area (Å²) in [7, 11) is 0. The van der Waals surface area contributed by atoms with Crippen molar-refractivity contribution in [3.05, 3.63) is 53.5 Å². The fourth-order valence-electron chi connectivity index (χ4n) is 5.33. The molecule has 1 aliphatic heterocycles. The molecule has 0 radical (unpaired) electrons. The summed E-state index contributed by atoms with van der Waals surface area (Å²) in [6.07, 6.45) is 4.59. The molecule has 2 amide bonds. The van der Waals surface area contributed by atoms with Crippen LogP contribution >= 0.6 is 0 Å². The first kappa shape index (κ1) is 27.9. The Morgan fingerprint density at radius 3 is 2.58 bits per heavy atom. The topological polar surface area (TPSA) is 119 Å². The zero-order chi connectivity index (χ0) is 27.9. The molecule has 40 heavy (non-hydrogen) atoms. The minimum Gasteiger partial charge on any atom is -0.458 e. The lowest BCUT2D eigenvalue weighted by atomic mass is 10.0. The van der Waals surface area contributed by atoms with Crippen LogP contribution in [0.25, 0.3) is 11.6 Å². The first-order valence-corrected chi connectivity index (χ1v) is 14.0. The number of amides is 2. The normalized spacial score (nSPS) is 17.1. The number of carbonyl (C=O) groups excluding carboxylic acids is 2. The third-order valence-electron chi connectivity index (χ3n) is 7.43. The predicted molar refractivity (Wildman–Crippen MR) is 143 cm³/mol. The van der Waals surface area contributed by atoms with Crippen LogP contribution in [0.2, 0.25) is 0 Å². The molecule has 3 heterocycles. The van der Waals surface area contributed by atoms with E-state index in [1.54, 1.807) is 29.2 Å². The molecule has 11 nitrogen and oxygen atoms in total. The maximum absolute atomic E-state index is 13.9. The summed E-state index contributed by atoms with van der Waals surface area (Å²) in [4.78, 5) is 32.7. The first-order chi connectivity index (χ1) is 19.5. The average molecular weight is 554 g/mol. The van der Waals surface area contributed by atoms with Gasteiger partial charge >= 0.3 is 0 Å². The highest BCUT2D eigenvalue weighted by atomic mass is 19.1. The molecule has 1 atom stereocenters. The van der Waals surface area contributed by atoms with Gasteiger partial charge in [0.15, 0.2) is 5.76 Å². The van der Waals surface area contributed by atoms with Gasteiger partial charge in [0.05, 0.1) is 13.2 Å². The fourth-order valence-corrected chi connectivity index (χ4v) is 5.33.